The van der Waals surface area contributed by atoms with Gasteiger partial charge in [0.25, 0.3) is 11.5 Å². The molecule has 0 aliphatic carbocycles. The van der Waals surface area contributed by atoms with Gasteiger partial charge in [0.1, 0.15) is 17.1 Å². The number of pyridine rings is 1. The van der Waals surface area contributed by atoms with E-state index in [-0.39, 0.29) is 18.0 Å². The highest BCUT2D eigenvalue weighted by Gasteiger charge is 2.11. The van der Waals surface area contributed by atoms with Crippen molar-refractivity contribution >= 4 is 22.5 Å². The standard InChI is InChI=1S/C22H19N3O4/c1-28-16-9-7-14(19(11-16)29-2)12-23-21(26)15-8-10-20-24-18-6-4-3-5-17(18)22(27)25(20)13-15/h3-11,13H,12H2,1-2H3,(H,23,26). The SMILES string of the molecule is COc1ccc(CNC(=O)c2ccc3nc4ccccc4c(=O)n3c2)c(OC)c1. The summed E-state index contributed by atoms with van der Waals surface area (Å²) in [4.78, 5) is 29.9. The van der Waals surface area contributed by atoms with Gasteiger partial charge in [0.15, 0.2) is 0 Å². The number of para-hydroxylation sites is 1. The van der Waals surface area contributed by atoms with Crippen LogP contribution in [0.25, 0.3) is 16.6 Å². The first-order valence-corrected chi connectivity index (χ1v) is 9.01. The van der Waals surface area contributed by atoms with Crippen molar-refractivity contribution in [1.29, 1.82) is 0 Å². The first-order chi connectivity index (χ1) is 14.1. The highest BCUT2D eigenvalue weighted by molar-refractivity contribution is 5.94. The van der Waals surface area contributed by atoms with Crippen LogP contribution in [0.3, 0.4) is 0 Å². The number of hydrogen-bond donors (Lipinski definition) is 1. The molecule has 4 aromatic rings. The van der Waals surface area contributed by atoms with Crippen LogP contribution in [0.15, 0.2) is 65.6 Å². The van der Waals surface area contributed by atoms with Crippen molar-refractivity contribution in [2.45, 2.75) is 6.54 Å². The molecule has 2 aromatic carbocycles. The second-order valence-electron chi connectivity index (χ2n) is 6.44. The van der Waals surface area contributed by atoms with E-state index in [1.807, 2.05) is 12.1 Å². The first-order valence-electron chi connectivity index (χ1n) is 9.01. The predicted molar refractivity (Wildman–Crippen MR) is 110 cm³/mol. The van der Waals surface area contributed by atoms with E-state index in [2.05, 4.69) is 10.3 Å². The van der Waals surface area contributed by atoms with E-state index in [1.165, 1.54) is 10.6 Å². The number of nitrogens with zero attached hydrogens (tertiary/aromatic N) is 2. The zero-order valence-corrected chi connectivity index (χ0v) is 16.0. The number of carbonyl (C=O) groups excluding carboxylic acids is 1. The summed E-state index contributed by atoms with van der Waals surface area (Å²) in [6, 6.07) is 15.8. The Morgan fingerprint density at radius 2 is 1.90 bits per heavy atom. The van der Waals surface area contributed by atoms with Crippen LogP contribution in [0.4, 0.5) is 0 Å². The molecule has 0 saturated heterocycles. The van der Waals surface area contributed by atoms with Gasteiger partial charge in [-0.15, -0.1) is 0 Å². The Balaban J connectivity index is 1.61. The summed E-state index contributed by atoms with van der Waals surface area (Å²) in [5.41, 5.74) is 2.08. The van der Waals surface area contributed by atoms with Crippen LogP contribution in [0.2, 0.25) is 0 Å². The summed E-state index contributed by atoms with van der Waals surface area (Å²) < 4.78 is 11.9. The van der Waals surface area contributed by atoms with Gasteiger partial charge in [-0.1, -0.05) is 12.1 Å². The van der Waals surface area contributed by atoms with Crippen LogP contribution in [0.5, 0.6) is 11.5 Å². The lowest BCUT2D eigenvalue weighted by atomic mass is 10.1. The van der Waals surface area contributed by atoms with Crippen molar-refractivity contribution in [3.05, 3.63) is 82.3 Å². The van der Waals surface area contributed by atoms with Crippen LogP contribution in [-0.4, -0.2) is 29.5 Å². The van der Waals surface area contributed by atoms with Crippen molar-refractivity contribution < 1.29 is 14.3 Å². The fraction of sp³-hybridized carbons (Fsp3) is 0.136. The smallest absolute Gasteiger partial charge is 0.265 e. The molecule has 29 heavy (non-hydrogen) atoms. The molecule has 7 nitrogen and oxygen atoms in total. The summed E-state index contributed by atoms with van der Waals surface area (Å²) in [6.07, 6.45) is 1.51. The Labute approximate surface area is 166 Å². The second kappa shape index (κ2) is 7.63. The van der Waals surface area contributed by atoms with E-state index < -0.39 is 0 Å². The summed E-state index contributed by atoms with van der Waals surface area (Å²) in [5, 5.41) is 3.36. The van der Waals surface area contributed by atoms with E-state index in [0.29, 0.717) is 33.6 Å². The average molecular weight is 389 g/mol. The number of rotatable bonds is 5. The molecule has 2 heterocycles. The van der Waals surface area contributed by atoms with Gasteiger partial charge in [-0.2, -0.15) is 0 Å². The Morgan fingerprint density at radius 1 is 1.07 bits per heavy atom. The third-order valence-corrected chi connectivity index (χ3v) is 4.71. The van der Waals surface area contributed by atoms with Crippen LogP contribution < -0.4 is 20.3 Å². The Morgan fingerprint density at radius 3 is 2.69 bits per heavy atom. The van der Waals surface area contributed by atoms with Gasteiger partial charge in [-0.3, -0.25) is 14.0 Å². The number of fused-ring (bicyclic) bond motifs is 2. The summed E-state index contributed by atoms with van der Waals surface area (Å²) in [6.45, 7) is 0.273. The summed E-state index contributed by atoms with van der Waals surface area (Å²) in [5.74, 6) is 0.991. The maximum Gasteiger partial charge on any atom is 0.265 e. The van der Waals surface area contributed by atoms with Crippen LogP contribution in [0, 0.1) is 0 Å². The van der Waals surface area contributed by atoms with E-state index in [1.54, 1.807) is 56.7 Å². The number of benzene rings is 2. The molecule has 7 heteroatoms. The van der Waals surface area contributed by atoms with Gasteiger partial charge in [0.2, 0.25) is 0 Å². The fourth-order valence-corrected chi connectivity index (χ4v) is 3.16. The number of hydrogen-bond acceptors (Lipinski definition) is 5. The van der Waals surface area contributed by atoms with E-state index in [0.717, 1.165) is 5.56 Å². The van der Waals surface area contributed by atoms with Gasteiger partial charge >= 0.3 is 0 Å². The van der Waals surface area contributed by atoms with Crippen LogP contribution in [0.1, 0.15) is 15.9 Å². The minimum atomic E-state index is -0.301. The molecule has 0 fully saturated rings. The van der Waals surface area contributed by atoms with Crippen molar-refractivity contribution in [3.63, 3.8) is 0 Å². The molecule has 0 aliphatic rings. The van der Waals surface area contributed by atoms with Crippen molar-refractivity contribution in [2.75, 3.05) is 14.2 Å². The lowest BCUT2D eigenvalue weighted by Crippen LogP contribution is -2.24. The fourth-order valence-electron chi connectivity index (χ4n) is 3.16. The second-order valence-corrected chi connectivity index (χ2v) is 6.44. The minimum absolute atomic E-state index is 0.211. The van der Waals surface area contributed by atoms with Crippen molar-refractivity contribution in [3.8, 4) is 11.5 Å². The van der Waals surface area contributed by atoms with Gasteiger partial charge in [0, 0.05) is 24.4 Å². The molecule has 0 aliphatic heterocycles. The zero-order chi connectivity index (χ0) is 20.4. The molecular formula is C22H19N3O4. The monoisotopic (exact) mass is 389 g/mol. The molecule has 1 N–H and O–H groups in total. The van der Waals surface area contributed by atoms with Gasteiger partial charge < -0.3 is 14.8 Å². The molecule has 0 bridgehead atoms. The van der Waals surface area contributed by atoms with Crippen LogP contribution >= 0.6 is 0 Å². The third kappa shape index (κ3) is 3.50. The quantitative estimate of drug-likeness (QED) is 0.531. The van der Waals surface area contributed by atoms with E-state index in [4.69, 9.17) is 9.47 Å². The summed E-state index contributed by atoms with van der Waals surface area (Å²) in [7, 11) is 3.14. The molecule has 0 saturated carbocycles. The number of ether oxygens (including phenoxy) is 2. The maximum atomic E-state index is 12.7. The highest BCUT2D eigenvalue weighted by atomic mass is 16.5. The lowest BCUT2D eigenvalue weighted by Gasteiger charge is -2.12. The minimum Gasteiger partial charge on any atom is -0.497 e. The molecule has 1 amide bonds. The molecule has 0 spiro atoms. The Hall–Kier alpha value is -3.87. The number of aromatic nitrogens is 2. The van der Waals surface area contributed by atoms with Crippen molar-refractivity contribution in [1.82, 2.24) is 14.7 Å². The lowest BCUT2D eigenvalue weighted by molar-refractivity contribution is 0.0950. The molecule has 146 valence electrons. The summed E-state index contributed by atoms with van der Waals surface area (Å²) >= 11 is 0. The number of nitrogens with one attached hydrogen (secondary N) is 1. The number of methoxy groups -OCH3 is 2. The normalized spacial score (nSPS) is 10.8. The average Bonchev–Trinajstić information content (AvgIpc) is 2.77. The highest BCUT2D eigenvalue weighted by Crippen LogP contribution is 2.24. The number of amides is 1. The van der Waals surface area contributed by atoms with Gasteiger partial charge in [0.05, 0.1) is 30.7 Å². The molecule has 2 aromatic heterocycles. The maximum absolute atomic E-state index is 12.7. The zero-order valence-electron chi connectivity index (χ0n) is 16.0. The molecular weight excluding hydrogens is 370 g/mol. The van der Waals surface area contributed by atoms with E-state index in [9.17, 15) is 9.59 Å². The van der Waals surface area contributed by atoms with Crippen molar-refractivity contribution in [2.24, 2.45) is 0 Å². The number of carbonyl (C=O) groups is 1. The van der Waals surface area contributed by atoms with Gasteiger partial charge in [-0.05, 0) is 36.4 Å². The Bertz CT molecular complexity index is 1280. The topological polar surface area (TPSA) is 81.9 Å². The van der Waals surface area contributed by atoms with Gasteiger partial charge in [-0.25, -0.2) is 4.98 Å². The molecule has 0 atom stereocenters. The van der Waals surface area contributed by atoms with E-state index >= 15 is 0 Å². The third-order valence-electron chi connectivity index (χ3n) is 4.71. The largest absolute Gasteiger partial charge is 0.497 e. The molecule has 0 unspecified atom stereocenters. The predicted octanol–water partition coefficient (Wildman–Crippen LogP) is 2.79. The Kier molecular flexibility index (Phi) is 4.87. The van der Waals surface area contributed by atoms with Crippen LogP contribution in [-0.2, 0) is 6.54 Å². The molecule has 0 radical (unpaired) electrons. The molecule has 4 rings (SSSR count). The first kappa shape index (κ1) is 18.5.